The molecule has 1 atom stereocenters. The van der Waals surface area contributed by atoms with E-state index in [4.69, 9.17) is 10.8 Å². The van der Waals surface area contributed by atoms with Crippen LogP contribution in [0.4, 0.5) is 0 Å². The van der Waals surface area contributed by atoms with Crippen LogP contribution in [0.5, 0.6) is 0 Å². The summed E-state index contributed by atoms with van der Waals surface area (Å²) in [6.45, 7) is 0. The fourth-order valence-corrected chi connectivity index (χ4v) is 2.95. The van der Waals surface area contributed by atoms with Crippen molar-refractivity contribution in [3.05, 3.63) is 70.6 Å². The molecule has 4 nitrogen and oxygen atoms in total. The lowest BCUT2D eigenvalue weighted by Crippen LogP contribution is -2.30. The zero-order valence-corrected chi connectivity index (χ0v) is 12.9. The summed E-state index contributed by atoms with van der Waals surface area (Å²) in [7, 11) is 0. The number of para-hydroxylation sites is 1. The summed E-state index contributed by atoms with van der Waals surface area (Å²) in [5.41, 5.74) is 5.90. The zero-order valence-electron chi connectivity index (χ0n) is 11.3. The molecule has 0 saturated heterocycles. The first-order valence-corrected chi connectivity index (χ1v) is 7.47. The second-order valence-corrected chi connectivity index (χ2v) is 5.68. The van der Waals surface area contributed by atoms with Crippen LogP contribution in [0.1, 0.15) is 17.3 Å². The quantitative estimate of drug-likeness (QED) is 0.564. The predicted octanol–water partition coefficient (Wildman–Crippen LogP) is 3.14. The Balaban J connectivity index is 1.98. The molecule has 21 heavy (non-hydrogen) atoms. The van der Waals surface area contributed by atoms with E-state index in [-0.39, 0.29) is 6.04 Å². The molecule has 0 aliphatic heterocycles. The van der Waals surface area contributed by atoms with E-state index in [1.165, 1.54) is 0 Å². The monoisotopic (exact) mass is 342 g/mol. The van der Waals surface area contributed by atoms with Gasteiger partial charge in [0, 0.05) is 22.3 Å². The van der Waals surface area contributed by atoms with Crippen molar-refractivity contribution in [3.8, 4) is 0 Å². The number of aromatic nitrogens is 2. The first-order valence-electron chi connectivity index (χ1n) is 6.68. The summed E-state index contributed by atoms with van der Waals surface area (Å²) in [6.07, 6.45) is 4.32. The number of nitrogens with two attached hydrogens (primary N) is 1. The molecule has 1 aromatic carbocycles. The summed E-state index contributed by atoms with van der Waals surface area (Å²) in [5.74, 6) is 5.74. The second kappa shape index (κ2) is 6.30. The fourth-order valence-electron chi connectivity index (χ4n) is 2.34. The molecule has 3 rings (SSSR count). The standard InChI is InChI=1S/C16H15BrN4/c17-13-10-12-3-1-2-4-14(12)20-16(13)15(21-18)9-11-5-7-19-8-6-11/h1-8,10,15,21H,9,18H2. The van der Waals surface area contributed by atoms with Crippen LogP contribution in [0.2, 0.25) is 0 Å². The average Bonchev–Trinajstić information content (AvgIpc) is 2.53. The predicted molar refractivity (Wildman–Crippen MR) is 87.4 cm³/mol. The topological polar surface area (TPSA) is 63.8 Å². The molecule has 1 unspecified atom stereocenters. The highest BCUT2D eigenvalue weighted by atomic mass is 79.9. The SMILES string of the molecule is NNC(Cc1ccncc1)c1nc2ccccc2cc1Br. The summed E-state index contributed by atoms with van der Waals surface area (Å²) in [5, 5.41) is 1.10. The number of nitrogens with one attached hydrogen (secondary N) is 1. The molecule has 3 N–H and O–H groups in total. The molecule has 0 saturated carbocycles. The van der Waals surface area contributed by atoms with Crippen molar-refractivity contribution in [2.24, 2.45) is 5.84 Å². The number of halogens is 1. The van der Waals surface area contributed by atoms with Crippen LogP contribution in [-0.2, 0) is 6.42 Å². The third kappa shape index (κ3) is 3.10. The van der Waals surface area contributed by atoms with Gasteiger partial charge in [-0.3, -0.25) is 16.3 Å². The van der Waals surface area contributed by atoms with Crippen molar-refractivity contribution in [3.63, 3.8) is 0 Å². The van der Waals surface area contributed by atoms with Crippen LogP contribution < -0.4 is 11.3 Å². The number of hydrogen-bond donors (Lipinski definition) is 2. The van der Waals surface area contributed by atoms with E-state index in [1.54, 1.807) is 12.4 Å². The van der Waals surface area contributed by atoms with E-state index < -0.39 is 0 Å². The number of pyridine rings is 2. The van der Waals surface area contributed by atoms with Gasteiger partial charge in [-0.05, 0) is 52.2 Å². The molecular weight excluding hydrogens is 328 g/mol. The van der Waals surface area contributed by atoms with E-state index in [2.05, 4.69) is 32.4 Å². The Labute approximate surface area is 131 Å². The van der Waals surface area contributed by atoms with Gasteiger partial charge in [-0.1, -0.05) is 18.2 Å². The van der Waals surface area contributed by atoms with Gasteiger partial charge < -0.3 is 0 Å². The Kier molecular flexibility index (Phi) is 4.24. The van der Waals surface area contributed by atoms with E-state index >= 15 is 0 Å². The summed E-state index contributed by atoms with van der Waals surface area (Å²) >= 11 is 3.60. The largest absolute Gasteiger partial charge is 0.271 e. The molecule has 2 aromatic heterocycles. The summed E-state index contributed by atoms with van der Waals surface area (Å²) in [4.78, 5) is 8.77. The number of fused-ring (bicyclic) bond motifs is 1. The van der Waals surface area contributed by atoms with Crippen molar-refractivity contribution >= 4 is 26.8 Å². The molecule has 2 heterocycles. The summed E-state index contributed by atoms with van der Waals surface area (Å²) in [6, 6.07) is 14.0. The molecule has 0 radical (unpaired) electrons. The molecule has 0 fully saturated rings. The minimum Gasteiger partial charge on any atom is -0.271 e. The highest BCUT2D eigenvalue weighted by Crippen LogP contribution is 2.27. The highest BCUT2D eigenvalue weighted by Gasteiger charge is 2.16. The Morgan fingerprint density at radius 3 is 2.67 bits per heavy atom. The van der Waals surface area contributed by atoms with Crippen molar-refractivity contribution in [1.82, 2.24) is 15.4 Å². The van der Waals surface area contributed by atoms with Crippen molar-refractivity contribution in [2.75, 3.05) is 0 Å². The Morgan fingerprint density at radius 2 is 1.90 bits per heavy atom. The van der Waals surface area contributed by atoms with Gasteiger partial charge >= 0.3 is 0 Å². The van der Waals surface area contributed by atoms with Crippen LogP contribution in [0.15, 0.2) is 59.3 Å². The Bertz CT molecular complexity index is 746. The minimum absolute atomic E-state index is 0.0635. The van der Waals surface area contributed by atoms with Crippen molar-refractivity contribution in [2.45, 2.75) is 12.5 Å². The molecule has 0 aliphatic carbocycles. The average molecular weight is 343 g/mol. The maximum absolute atomic E-state index is 5.74. The maximum Gasteiger partial charge on any atom is 0.0739 e. The van der Waals surface area contributed by atoms with Gasteiger partial charge in [0.15, 0.2) is 0 Å². The minimum atomic E-state index is -0.0635. The van der Waals surface area contributed by atoms with E-state index in [9.17, 15) is 0 Å². The van der Waals surface area contributed by atoms with Crippen LogP contribution in [0, 0.1) is 0 Å². The van der Waals surface area contributed by atoms with Crippen molar-refractivity contribution < 1.29 is 0 Å². The smallest absolute Gasteiger partial charge is 0.0739 e. The number of rotatable bonds is 4. The molecule has 0 spiro atoms. The summed E-state index contributed by atoms with van der Waals surface area (Å²) < 4.78 is 0.957. The van der Waals surface area contributed by atoms with E-state index in [0.29, 0.717) is 0 Å². The Hall–Kier alpha value is -1.82. The van der Waals surface area contributed by atoms with E-state index in [1.807, 2.05) is 36.4 Å². The molecule has 106 valence electrons. The Morgan fingerprint density at radius 1 is 1.14 bits per heavy atom. The van der Waals surface area contributed by atoms with Gasteiger partial charge in [0.05, 0.1) is 17.3 Å². The molecule has 0 aliphatic rings. The van der Waals surface area contributed by atoms with Gasteiger partial charge in [-0.15, -0.1) is 0 Å². The number of hydrazine groups is 1. The molecule has 0 bridgehead atoms. The molecular formula is C16H15BrN4. The normalized spacial score (nSPS) is 12.5. The lowest BCUT2D eigenvalue weighted by Gasteiger charge is -2.17. The lowest BCUT2D eigenvalue weighted by atomic mass is 10.0. The second-order valence-electron chi connectivity index (χ2n) is 4.83. The first-order chi connectivity index (χ1) is 10.3. The number of hydrogen-bond acceptors (Lipinski definition) is 4. The van der Waals surface area contributed by atoms with Gasteiger partial charge in [0.2, 0.25) is 0 Å². The molecule has 3 aromatic rings. The molecule has 5 heteroatoms. The van der Waals surface area contributed by atoms with Gasteiger partial charge in [-0.25, -0.2) is 4.98 Å². The maximum atomic E-state index is 5.74. The van der Waals surface area contributed by atoms with Crippen LogP contribution in [0.25, 0.3) is 10.9 Å². The highest BCUT2D eigenvalue weighted by molar-refractivity contribution is 9.10. The third-order valence-corrected chi connectivity index (χ3v) is 4.06. The molecule has 0 amide bonds. The fraction of sp³-hybridized carbons (Fsp3) is 0.125. The van der Waals surface area contributed by atoms with E-state index in [0.717, 1.165) is 33.1 Å². The third-order valence-electron chi connectivity index (χ3n) is 3.43. The van der Waals surface area contributed by atoms with Crippen LogP contribution >= 0.6 is 15.9 Å². The van der Waals surface area contributed by atoms with Gasteiger partial charge in [0.25, 0.3) is 0 Å². The zero-order chi connectivity index (χ0) is 14.7. The van der Waals surface area contributed by atoms with Crippen LogP contribution in [0.3, 0.4) is 0 Å². The number of nitrogens with zero attached hydrogens (tertiary/aromatic N) is 2. The number of benzene rings is 1. The first kappa shape index (κ1) is 14.1. The van der Waals surface area contributed by atoms with Gasteiger partial charge in [-0.2, -0.15) is 0 Å². The van der Waals surface area contributed by atoms with Crippen LogP contribution in [-0.4, -0.2) is 9.97 Å². The lowest BCUT2D eigenvalue weighted by molar-refractivity contribution is 0.537. The van der Waals surface area contributed by atoms with Crippen molar-refractivity contribution in [1.29, 1.82) is 0 Å². The van der Waals surface area contributed by atoms with Gasteiger partial charge in [0.1, 0.15) is 0 Å².